The number of hydrogen-bond acceptors (Lipinski definition) is 3. The van der Waals surface area contributed by atoms with Gasteiger partial charge in [-0.2, -0.15) is 10.5 Å². The Morgan fingerprint density at radius 1 is 0.720 bits per heavy atom. The van der Waals surface area contributed by atoms with Gasteiger partial charge in [0, 0.05) is 11.1 Å². The summed E-state index contributed by atoms with van der Waals surface area (Å²) in [7, 11) is 0. The van der Waals surface area contributed by atoms with Gasteiger partial charge in [0.05, 0.1) is 11.1 Å². The van der Waals surface area contributed by atoms with Crippen molar-refractivity contribution >= 4 is 0 Å². The first kappa shape index (κ1) is 18.6. The third-order valence-corrected chi connectivity index (χ3v) is 4.32. The van der Waals surface area contributed by atoms with Crippen LogP contribution in [-0.4, -0.2) is 5.11 Å². The van der Waals surface area contributed by atoms with Gasteiger partial charge in [0.25, 0.3) is 0 Å². The van der Waals surface area contributed by atoms with E-state index in [-0.39, 0.29) is 10.8 Å². The van der Waals surface area contributed by atoms with E-state index in [9.17, 15) is 10.4 Å². The molecule has 0 saturated carbocycles. The molecule has 0 aliphatic rings. The highest BCUT2D eigenvalue weighted by Gasteiger charge is 2.26. The lowest BCUT2D eigenvalue weighted by Gasteiger charge is -2.28. The third-order valence-electron chi connectivity index (χ3n) is 4.32. The maximum atomic E-state index is 10.8. The molecule has 0 atom stereocenters. The number of phenols is 1. The lowest BCUT2D eigenvalue weighted by molar-refractivity contribution is 0.423. The molecule has 0 aliphatic carbocycles. The fourth-order valence-electron chi connectivity index (χ4n) is 2.86. The van der Waals surface area contributed by atoms with Crippen LogP contribution in [0.3, 0.4) is 0 Å². The largest absolute Gasteiger partial charge is 0.507 e. The van der Waals surface area contributed by atoms with Crippen LogP contribution in [0, 0.1) is 22.7 Å². The smallest absolute Gasteiger partial charge is 0.123 e. The zero-order valence-electron chi connectivity index (χ0n) is 15.7. The monoisotopic (exact) mass is 332 g/mol. The van der Waals surface area contributed by atoms with Crippen molar-refractivity contribution in [2.45, 2.75) is 52.4 Å². The molecule has 1 N–H and O–H groups in total. The molecule has 0 aliphatic heterocycles. The van der Waals surface area contributed by atoms with Gasteiger partial charge in [-0.3, -0.25) is 0 Å². The lowest BCUT2D eigenvalue weighted by Crippen LogP contribution is -2.17. The summed E-state index contributed by atoms with van der Waals surface area (Å²) in [6.07, 6.45) is 0. The van der Waals surface area contributed by atoms with E-state index < -0.39 is 0 Å². The van der Waals surface area contributed by atoms with Crippen LogP contribution in [0.15, 0.2) is 30.3 Å². The second-order valence-electron chi connectivity index (χ2n) is 8.40. The van der Waals surface area contributed by atoms with E-state index in [1.807, 2.05) is 24.3 Å². The second kappa shape index (κ2) is 6.26. The predicted octanol–water partition coefficient (Wildman–Crippen LogP) is 5.40. The van der Waals surface area contributed by atoms with Gasteiger partial charge in [-0.05, 0) is 46.2 Å². The average molecular weight is 332 g/mol. The van der Waals surface area contributed by atoms with Crippen molar-refractivity contribution in [3.05, 3.63) is 52.6 Å². The maximum Gasteiger partial charge on any atom is 0.123 e. The highest BCUT2D eigenvalue weighted by Crippen LogP contribution is 2.42. The SMILES string of the molecule is CC(C)(C)c1cc(-c2ccc(C#N)c(C#N)c2)cc(C(C)(C)C)c1O. The number of benzene rings is 2. The van der Waals surface area contributed by atoms with Crippen LogP contribution in [0.5, 0.6) is 5.75 Å². The fourth-order valence-corrected chi connectivity index (χ4v) is 2.86. The van der Waals surface area contributed by atoms with E-state index in [1.54, 1.807) is 12.1 Å². The van der Waals surface area contributed by atoms with Crippen molar-refractivity contribution in [3.63, 3.8) is 0 Å². The minimum absolute atomic E-state index is 0.218. The van der Waals surface area contributed by atoms with Gasteiger partial charge >= 0.3 is 0 Å². The molecule has 0 fully saturated rings. The van der Waals surface area contributed by atoms with E-state index in [0.29, 0.717) is 16.9 Å². The predicted molar refractivity (Wildman–Crippen MR) is 100 cm³/mol. The van der Waals surface area contributed by atoms with E-state index in [4.69, 9.17) is 5.26 Å². The van der Waals surface area contributed by atoms with Gasteiger partial charge in [0.2, 0.25) is 0 Å². The molecule has 2 rings (SSSR count). The van der Waals surface area contributed by atoms with Crippen molar-refractivity contribution in [3.8, 4) is 29.0 Å². The zero-order chi connectivity index (χ0) is 19.0. The Bertz CT molecular complexity index is 863. The highest BCUT2D eigenvalue weighted by molar-refractivity contribution is 5.71. The number of nitrogens with zero attached hydrogens (tertiary/aromatic N) is 2. The van der Waals surface area contributed by atoms with Gasteiger partial charge in [0.15, 0.2) is 0 Å². The summed E-state index contributed by atoms with van der Waals surface area (Å²) in [5.74, 6) is 0.331. The molecule has 0 amide bonds. The first-order valence-corrected chi connectivity index (χ1v) is 8.31. The minimum atomic E-state index is -0.218. The molecule has 0 heterocycles. The highest BCUT2D eigenvalue weighted by atomic mass is 16.3. The van der Waals surface area contributed by atoms with E-state index >= 15 is 0 Å². The summed E-state index contributed by atoms with van der Waals surface area (Å²) in [5, 5.41) is 29.2. The second-order valence-corrected chi connectivity index (χ2v) is 8.40. The Labute approximate surface area is 150 Å². The summed E-state index contributed by atoms with van der Waals surface area (Å²) in [6, 6.07) is 13.4. The molecule has 3 nitrogen and oxygen atoms in total. The number of phenolic OH excluding ortho intramolecular Hbond substituents is 1. The topological polar surface area (TPSA) is 67.8 Å². The number of rotatable bonds is 1. The average Bonchev–Trinajstić information content (AvgIpc) is 2.52. The molecule has 0 unspecified atom stereocenters. The Hall–Kier alpha value is -2.78. The standard InChI is InChI=1S/C22H24N2O/c1-21(2,3)18-10-16(11-19(20(18)25)22(4,5)6)14-7-8-15(12-23)17(9-14)13-24/h7-11,25H,1-6H3. The molecule has 0 aromatic heterocycles. The van der Waals surface area contributed by atoms with Crippen molar-refractivity contribution in [2.75, 3.05) is 0 Å². The van der Waals surface area contributed by atoms with Crippen molar-refractivity contribution in [2.24, 2.45) is 0 Å². The first-order chi connectivity index (χ1) is 11.5. The summed E-state index contributed by atoms with van der Waals surface area (Å²) in [6.45, 7) is 12.4. The molecule has 0 spiro atoms. The van der Waals surface area contributed by atoms with Gasteiger partial charge < -0.3 is 5.11 Å². The van der Waals surface area contributed by atoms with E-state index in [0.717, 1.165) is 22.3 Å². The normalized spacial score (nSPS) is 11.7. The van der Waals surface area contributed by atoms with Crippen LogP contribution >= 0.6 is 0 Å². The van der Waals surface area contributed by atoms with Crippen LogP contribution in [0.1, 0.15) is 63.8 Å². The Kier molecular flexibility index (Phi) is 4.65. The molecule has 0 saturated heterocycles. The first-order valence-electron chi connectivity index (χ1n) is 8.31. The molecule has 2 aromatic rings. The molecule has 128 valence electrons. The molecule has 3 heteroatoms. The number of aromatic hydroxyl groups is 1. The maximum absolute atomic E-state index is 10.8. The Morgan fingerprint density at radius 3 is 1.60 bits per heavy atom. The van der Waals surface area contributed by atoms with E-state index in [1.165, 1.54) is 0 Å². The zero-order valence-corrected chi connectivity index (χ0v) is 15.7. The molecule has 0 bridgehead atoms. The third kappa shape index (κ3) is 3.67. The van der Waals surface area contributed by atoms with Crippen LogP contribution < -0.4 is 0 Å². The van der Waals surface area contributed by atoms with Gasteiger partial charge in [-0.1, -0.05) is 47.6 Å². The molecular formula is C22H24N2O. The molecule has 25 heavy (non-hydrogen) atoms. The summed E-state index contributed by atoms with van der Waals surface area (Å²) >= 11 is 0. The Balaban J connectivity index is 2.80. The summed E-state index contributed by atoms with van der Waals surface area (Å²) < 4.78 is 0. The van der Waals surface area contributed by atoms with Crippen molar-refractivity contribution < 1.29 is 5.11 Å². The summed E-state index contributed by atoms with van der Waals surface area (Å²) in [5.41, 5.74) is 3.85. The van der Waals surface area contributed by atoms with Crippen LogP contribution in [-0.2, 0) is 10.8 Å². The number of nitriles is 2. The molecule has 2 aromatic carbocycles. The Morgan fingerprint density at radius 2 is 1.20 bits per heavy atom. The summed E-state index contributed by atoms with van der Waals surface area (Å²) in [4.78, 5) is 0. The fraction of sp³-hybridized carbons (Fsp3) is 0.364. The van der Waals surface area contributed by atoms with Crippen LogP contribution in [0.4, 0.5) is 0 Å². The quantitative estimate of drug-likeness (QED) is 0.760. The van der Waals surface area contributed by atoms with Crippen molar-refractivity contribution in [1.29, 1.82) is 10.5 Å². The lowest BCUT2D eigenvalue weighted by atomic mass is 9.77. The van der Waals surface area contributed by atoms with Gasteiger partial charge in [-0.15, -0.1) is 0 Å². The molecular weight excluding hydrogens is 308 g/mol. The van der Waals surface area contributed by atoms with E-state index in [2.05, 4.69) is 47.6 Å². The van der Waals surface area contributed by atoms with Crippen molar-refractivity contribution in [1.82, 2.24) is 0 Å². The number of hydrogen-bond donors (Lipinski definition) is 1. The van der Waals surface area contributed by atoms with Crippen LogP contribution in [0.2, 0.25) is 0 Å². The van der Waals surface area contributed by atoms with Crippen LogP contribution in [0.25, 0.3) is 11.1 Å². The minimum Gasteiger partial charge on any atom is -0.507 e. The van der Waals surface area contributed by atoms with Gasteiger partial charge in [0.1, 0.15) is 17.9 Å². The molecule has 0 radical (unpaired) electrons. The van der Waals surface area contributed by atoms with Gasteiger partial charge in [-0.25, -0.2) is 0 Å².